The van der Waals surface area contributed by atoms with Crippen LogP contribution in [0.1, 0.15) is 12.8 Å². The number of methoxy groups -OCH3 is 2. The highest BCUT2D eigenvalue weighted by Gasteiger charge is 2.03. The SMILES string of the molecule is COC(=O)CC=C(N)CC(=O)OC. The van der Waals surface area contributed by atoms with Gasteiger partial charge in [0.1, 0.15) is 0 Å². The summed E-state index contributed by atoms with van der Waals surface area (Å²) in [5, 5.41) is 0. The van der Waals surface area contributed by atoms with E-state index in [4.69, 9.17) is 5.73 Å². The molecule has 0 aromatic carbocycles. The van der Waals surface area contributed by atoms with Crippen LogP contribution in [0.15, 0.2) is 11.8 Å². The lowest BCUT2D eigenvalue weighted by Gasteiger charge is -1.99. The van der Waals surface area contributed by atoms with Gasteiger partial charge in [0.15, 0.2) is 0 Å². The Kier molecular flexibility index (Phi) is 5.34. The molecule has 13 heavy (non-hydrogen) atoms. The van der Waals surface area contributed by atoms with E-state index in [0.717, 1.165) is 0 Å². The van der Waals surface area contributed by atoms with Crippen LogP contribution in [0.25, 0.3) is 0 Å². The second-order valence-electron chi connectivity index (χ2n) is 2.31. The Morgan fingerprint density at radius 3 is 2.23 bits per heavy atom. The predicted molar refractivity (Wildman–Crippen MR) is 45.5 cm³/mol. The first kappa shape index (κ1) is 11.5. The minimum Gasteiger partial charge on any atom is -0.469 e. The van der Waals surface area contributed by atoms with Crippen LogP contribution in [-0.4, -0.2) is 26.2 Å². The van der Waals surface area contributed by atoms with Crippen molar-refractivity contribution in [1.29, 1.82) is 0 Å². The van der Waals surface area contributed by atoms with Crippen molar-refractivity contribution in [2.24, 2.45) is 5.73 Å². The third-order valence-corrected chi connectivity index (χ3v) is 1.33. The fourth-order valence-corrected chi connectivity index (χ4v) is 0.609. The maximum atomic E-state index is 10.7. The van der Waals surface area contributed by atoms with Crippen molar-refractivity contribution in [3.8, 4) is 0 Å². The number of esters is 2. The fraction of sp³-hybridized carbons (Fsp3) is 0.500. The minimum absolute atomic E-state index is 0.00645. The smallest absolute Gasteiger partial charge is 0.311 e. The molecule has 0 rings (SSSR count). The molecule has 0 aliphatic rings. The maximum Gasteiger partial charge on any atom is 0.311 e. The molecule has 0 aromatic heterocycles. The molecule has 0 amide bonds. The van der Waals surface area contributed by atoms with E-state index < -0.39 is 11.9 Å². The Labute approximate surface area is 76.5 Å². The van der Waals surface area contributed by atoms with Crippen LogP contribution in [0.4, 0.5) is 0 Å². The predicted octanol–water partition coefficient (Wildman–Crippen LogP) is -0.0448. The number of hydrogen-bond donors (Lipinski definition) is 1. The zero-order valence-corrected chi connectivity index (χ0v) is 7.70. The lowest BCUT2D eigenvalue weighted by atomic mass is 10.2. The molecule has 0 aromatic rings. The molecule has 0 unspecified atom stereocenters. The molecule has 0 radical (unpaired) electrons. The van der Waals surface area contributed by atoms with Gasteiger partial charge in [-0.1, -0.05) is 6.08 Å². The van der Waals surface area contributed by atoms with Crippen molar-refractivity contribution in [3.63, 3.8) is 0 Å². The van der Waals surface area contributed by atoms with E-state index in [1.54, 1.807) is 0 Å². The Hall–Kier alpha value is -1.52. The first-order valence-electron chi connectivity index (χ1n) is 3.68. The maximum absolute atomic E-state index is 10.7. The summed E-state index contributed by atoms with van der Waals surface area (Å²) in [6, 6.07) is 0. The summed E-state index contributed by atoms with van der Waals surface area (Å²) in [4.78, 5) is 21.3. The minimum atomic E-state index is -0.432. The van der Waals surface area contributed by atoms with Gasteiger partial charge in [-0.3, -0.25) is 9.59 Å². The number of ether oxygens (including phenoxy) is 2. The summed E-state index contributed by atoms with van der Waals surface area (Å²) in [7, 11) is 2.56. The van der Waals surface area contributed by atoms with Crippen molar-refractivity contribution >= 4 is 11.9 Å². The first-order chi connectivity index (χ1) is 6.10. The van der Waals surface area contributed by atoms with Gasteiger partial charge in [-0.25, -0.2) is 0 Å². The van der Waals surface area contributed by atoms with E-state index in [1.807, 2.05) is 0 Å². The highest BCUT2D eigenvalue weighted by Crippen LogP contribution is 1.97. The summed E-state index contributed by atoms with van der Waals surface area (Å²) in [6.07, 6.45) is 1.50. The molecular weight excluding hydrogens is 174 g/mol. The molecule has 74 valence electrons. The molecule has 0 saturated heterocycles. The molecule has 5 heteroatoms. The van der Waals surface area contributed by atoms with Crippen LogP contribution < -0.4 is 5.73 Å². The number of carbonyl (C=O) groups is 2. The van der Waals surface area contributed by atoms with Crippen molar-refractivity contribution in [2.45, 2.75) is 12.8 Å². The van der Waals surface area contributed by atoms with Crippen LogP contribution in [-0.2, 0) is 19.1 Å². The molecule has 0 bridgehead atoms. The average molecular weight is 187 g/mol. The van der Waals surface area contributed by atoms with Gasteiger partial charge in [-0.2, -0.15) is 0 Å². The molecule has 0 fully saturated rings. The van der Waals surface area contributed by atoms with Crippen LogP contribution >= 0.6 is 0 Å². The van der Waals surface area contributed by atoms with Crippen molar-refractivity contribution in [3.05, 3.63) is 11.8 Å². The Balaban J connectivity index is 3.88. The topological polar surface area (TPSA) is 78.6 Å². The number of carbonyl (C=O) groups excluding carboxylic acids is 2. The quantitative estimate of drug-likeness (QED) is 0.624. The highest BCUT2D eigenvalue weighted by molar-refractivity contribution is 5.73. The molecule has 0 saturated carbocycles. The summed E-state index contributed by atoms with van der Waals surface area (Å²) in [5.74, 6) is -0.827. The van der Waals surface area contributed by atoms with E-state index in [2.05, 4.69) is 9.47 Å². The molecule has 0 atom stereocenters. The van der Waals surface area contributed by atoms with Crippen molar-refractivity contribution < 1.29 is 19.1 Å². The Morgan fingerprint density at radius 2 is 1.77 bits per heavy atom. The van der Waals surface area contributed by atoms with E-state index in [1.165, 1.54) is 20.3 Å². The first-order valence-corrected chi connectivity index (χ1v) is 3.68. The second-order valence-corrected chi connectivity index (χ2v) is 2.31. The summed E-state index contributed by atoms with van der Waals surface area (Å²) >= 11 is 0. The van der Waals surface area contributed by atoms with Gasteiger partial charge >= 0.3 is 11.9 Å². The lowest BCUT2D eigenvalue weighted by molar-refractivity contribution is -0.141. The Morgan fingerprint density at radius 1 is 1.23 bits per heavy atom. The normalized spacial score (nSPS) is 10.8. The third-order valence-electron chi connectivity index (χ3n) is 1.33. The number of rotatable bonds is 4. The van der Waals surface area contributed by atoms with Crippen LogP contribution in [0.3, 0.4) is 0 Å². The molecule has 2 N–H and O–H groups in total. The average Bonchev–Trinajstić information content (AvgIpc) is 2.13. The summed E-state index contributed by atoms with van der Waals surface area (Å²) in [6.45, 7) is 0. The monoisotopic (exact) mass is 187 g/mol. The zero-order chi connectivity index (χ0) is 10.3. The highest BCUT2D eigenvalue weighted by atomic mass is 16.5. The van der Waals surface area contributed by atoms with E-state index in [0.29, 0.717) is 5.70 Å². The van der Waals surface area contributed by atoms with E-state index in [9.17, 15) is 9.59 Å². The van der Waals surface area contributed by atoms with Crippen LogP contribution in [0.2, 0.25) is 0 Å². The molecule has 0 aliphatic carbocycles. The number of nitrogens with two attached hydrogens (primary N) is 1. The molecular formula is C8H13NO4. The largest absolute Gasteiger partial charge is 0.469 e. The van der Waals surface area contributed by atoms with E-state index >= 15 is 0 Å². The molecule has 0 spiro atoms. The standard InChI is InChI=1S/C8H13NO4/c1-12-7(10)4-3-6(9)5-8(11)13-2/h3H,4-5,9H2,1-2H3. The lowest BCUT2D eigenvalue weighted by Crippen LogP contribution is -2.08. The van der Waals surface area contributed by atoms with Crippen molar-refractivity contribution in [1.82, 2.24) is 0 Å². The van der Waals surface area contributed by atoms with Gasteiger partial charge in [0.05, 0.1) is 27.1 Å². The summed E-state index contributed by atoms with van der Waals surface area (Å²) < 4.78 is 8.75. The zero-order valence-electron chi connectivity index (χ0n) is 7.70. The molecule has 0 aliphatic heterocycles. The van der Waals surface area contributed by atoms with Gasteiger partial charge in [-0.05, 0) is 0 Å². The summed E-state index contributed by atoms with van der Waals surface area (Å²) in [5.41, 5.74) is 5.71. The molecule has 5 nitrogen and oxygen atoms in total. The number of hydrogen-bond acceptors (Lipinski definition) is 5. The third kappa shape index (κ3) is 5.72. The second kappa shape index (κ2) is 6.05. The molecule has 0 heterocycles. The van der Waals surface area contributed by atoms with Gasteiger partial charge in [0.2, 0.25) is 0 Å². The van der Waals surface area contributed by atoms with Crippen LogP contribution in [0, 0.1) is 0 Å². The van der Waals surface area contributed by atoms with Gasteiger partial charge in [-0.15, -0.1) is 0 Å². The van der Waals surface area contributed by atoms with Gasteiger partial charge < -0.3 is 15.2 Å². The fourth-order valence-electron chi connectivity index (χ4n) is 0.609. The van der Waals surface area contributed by atoms with Crippen LogP contribution in [0.5, 0.6) is 0 Å². The van der Waals surface area contributed by atoms with Gasteiger partial charge in [0.25, 0.3) is 0 Å². The van der Waals surface area contributed by atoms with Crippen molar-refractivity contribution in [2.75, 3.05) is 14.2 Å². The van der Waals surface area contributed by atoms with Gasteiger partial charge in [0, 0.05) is 5.70 Å². The van der Waals surface area contributed by atoms with E-state index in [-0.39, 0.29) is 12.8 Å². The Bertz CT molecular complexity index is 222.